The van der Waals surface area contributed by atoms with E-state index in [0.29, 0.717) is 28.8 Å². The van der Waals surface area contributed by atoms with Crippen LogP contribution in [0.5, 0.6) is 5.75 Å². The van der Waals surface area contributed by atoms with E-state index < -0.39 is 11.5 Å². The number of halogens is 2. The molecule has 5 rings (SSSR count). The van der Waals surface area contributed by atoms with Crippen molar-refractivity contribution >= 4 is 28.3 Å². The molecule has 3 aromatic heterocycles. The first-order valence-corrected chi connectivity index (χ1v) is 11.9. The number of aromatic nitrogens is 5. The molecule has 0 spiro atoms. The molecule has 0 bridgehead atoms. The normalized spacial score (nSPS) is 19.0. The number of hydrogen-bond acceptors (Lipinski definition) is 7. The topological polar surface area (TPSA) is 86.8 Å². The van der Waals surface area contributed by atoms with Crippen LogP contribution in [0.2, 0.25) is 5.02 Å². The highest BCUT2D eigenvalue weighted by molar-refractivity contribution is 6.32. The first-order valence-electron chi connectivity index (χ1n) is 11.5. The van der Waals surface area contributed by atoms with Gasteiger partial charge in [0.2, 0.25) is 0 Å². The molecule has 1 aliphatic heterocycles. The fourth-order valence-corrected chi connectivity index (χ4v) is 5.00. The summed E-state index contributed by atoms with van der Waals surface area (Å²) < 4.78 is 28.4. The zero-order valence-corrected chi connectivity index (χ0v) is 20.5. The van der Waals surface area contributed by atoms with E-state index in [2.05, 4.69) is 33.8 Å². The zero-order chi connectivity index (χ0) is 24.7. The van der Waals surface area contributed by atoms with Gasteiger partial charge in [-0.2, -0.15) is 9.61 Å². The third kappa shape index (κ3) is 4.61. The maximum Gasteiger partial charge on any atom is 0.352 e. The summed E-state index contributed by atoms with van der Waals surface area (Å²) in [5.41, 5.74) is 1.93. The van der Waals surface area contributed by atoms with E-state index in [9.17, 15) is 9.18 Å². The van der Waals surface area contributed by atoms with Gasteiger partial charge >= 0.3 is 5.69 Å². The number of nitrogens with zero attached hydrogens (tertiary/aromatic N) is 6. The van der Waals surface area contributed by atoms with Crippen molar-refractivity contribution in [3.63, 3.8) is 0 Å². The van der Waals surface area contributed by atoms with Crippen molar-refractivity contribution < 1.29 is 13.9 Å². The average molecular weight is 501 g/mol. The van der Waals surface area contributed by atoms with Crippen molar-refractivity contribution in [2.24, 2.45) is 0 Å². The van der Waals surface area contributed by atoms with Gasteiger partial charge in [0.15, 0.2) is 17.2 Å². The van der Waals surface area contributed by atoms with Gasteiger partial charge in [0.1, 0.15) is 12.0 Å². The molecule has 9 nitrogen and oxygen atoms in total. The van der Waals surface area contributed by atoms with Crippen LogP contribution < -0.4 is 10.4 Å². The molecule has 35 heavy (non-hydrogen) atoms. The van der Waals surface area contributed by atoms with Crippen molar-refractivity contribution in [1.82, 2.24) is 29.0 Å². The molecule has 0 unspecified atom stereocenters. The lowest BCUT2D eigenvalue weighted by Crippen LogP contribution is -2.44. The minimum Gasteiger partial charge on any atom is -0.489 e. The summed E-state index contributed by atoms with van der Waals surface area (Å²) in [6.45, 7) is 8.57. The van der Waals surface area contributed by atoms with Crippen LogP contribution >= 0.6 is 11.6 Å². The molecule has 0 radical (unpaired) electrons. The van der Waals surface area contributed by atoms with E-state index in [-0.39, 0.29) is 36.1 Å². The smallest absolute Gasteiger partial charge is 0.352 e. The number of ether oxygens (including phenoxy) is 2. The second-order valence-electron chi connectivity index (χ2n) is 8.85. The number of morpholine rings is 1. The quantitative estimate of drug-likeness (QED) is 0.401. The van der Waals surface area contributed by atoms with Crippen LogP contribution in [0, 0.1) is 5.82 Å². The maximum atomic E-state index is 14.6. The fraction of sp³-hybridized carbons (Fsp3) is 0.417. The van der Waals surface area contributed by atoms with Crippen LogP contribution in [0.15, 0.2) is 35.5 Å². The monoisotopic (exact) mass is 500 g/mol. The number of pyridine rings is 1. The molecule has 2 atom stereocenters. The highest BCUT2D eigenvalue weighted by Gasteiger charge is 2.23. The van der Waals surface area contributed by atoms with Crippen LogP contribution in [-0.4, -0.2) is 61.0 Å². The van der Waals surface area contributed by atoms with Crippen LogP contribution in [0.25, 0.3) is 16.7 Å². The second-order valence-corrected chi connectivity index (χ2v) is 9.26. The first kappa shape index (κ1) is 23.7. The van der Waals surface area contributed by atoms with Gasteiger partial charge in [-0.3, -0.25) is 9.47 Å². The summed E-state index contributed by atoms with van der Waals surface area (Å²) in [5.74, 6) is -0.589. The molecule has 1 saturated heterocycles. The Morgan fingerprint density at radius 2 is 1.89 bits per heavy atom. The second kappa shape index (κ2) is 9.52. The fourth-order valence-electron chi connectivity index (χ4n) is 4.72. The van der Waals surface area contributed by atoms with E-state index >= 15 is 0 Å². The summed E-state index contributed by atoms with van der Waals surface area (Å²) in [4.78, 5) is 24.5. The lowest BCUT2D eigenvalue weighted by Gasteiger charge is -2.35. The van der Waals surface area contributed by atoms with E-state index in [4.69, 9.17) is 21.1 Å². The van der Waals surface area contributed by atoms with Crippen molar-refractivity contribution in [3.8, 4) is 5.75 Å². The van der Waals surface area contributed by atoms with Gasteiger partial charge in [-0.1, -0.05) is 11.6 Å². The highest BCUT2D eigenvalue weighted by Crippen LogP contribution is 2.30. The largest absolute Gasteiger partial charge is 0.489 e. The van der Waals surface area contributed by atoms with Gasteiger partial charge < -0.3 is 9.47 Å². The Kier molecular flexibility index (Phi) is 6.43. The molecule has 0 amide bonds. The van der Waals surface area contributed by atoms with Gasteiger partial charge in [-0.25, -0.2) is 19.2 Å². The minimum atomic E-state index is -0.585. The highest BCUT2D eigenvalue weighted by atomic mass is 35.5. The van der Waals surface area contributed by atoms with Crippen molar-refractivity contribution in [1.29, 1.82) is 0 Å². The Hall–Kier alpha value is -3.08. The minimum absolute atomic E-state index is 0.00336. The predicted octanol–water partition coefficient (Wildman–Crippen LogP) is 3.29. The summed E-state index contributed by atoms with van der Waals surface area (Å²) in [6.07, 6.45) is 3.41. The molecule has 0 saturated carbocycles. The van der Waals surface area contributed by atoms with Crippen molar-refractivity contribution in [2.75, 3.05) is 19.7 Å². The number of benzene rings is 1. The molecule has 1 aromatic carbocycles. The SMILES string of the molecule is CCOc1c(F)cc(Cn2c(=O)n3ncnc3c3cc(CN4C[C@@H](C)O[C@@H](C)C4)cnc32)cc1Cl. The number of rotatable bonds is 6. The molecule has 4 aromatic rings. The average Bonchev–Trinajstić information content (AvgIpc) is 3.29. The molecule has 1 fully saturated rings. The molecule has 184 valence electrons. The third-order valence-corrected chi connectivity index (χ3v) is 6.25. The molecule has 4 heterocycles. The van der Waals surface area contributed by atoms with Gasteiger partial charge in [0, 0.05) is 25.8 Å². The number of fused-ring (bicyclic) bond motifs is 3. The van der Waals surface area contributed by atoms with Gasteiger partial charge in [0.25, 0.3) is 0 Å². The van der Waals surface area contributed by atoms with Crippen LogP contribution in [-0.2, 0) is 17.8 Å². The molecule has 0 N–H and O–H groups in total. The van der Waals surface area contributed by atoms with E-state index in [1.54, 1.807) is 19.2 Å². The lowest BCUT2D eigenvalue weighted by molar-refractivity contribution is -0.0705. The van der Waals surface area contributed by atoms with E-state index in [1.165, 1.54) is 21.5 Å². The molecular weight excluding hydrogens is 475 g/mol. The molecule has 11 heteroatoms. The Labute approximate surface area is 206 Å². The Bertz CT molecular complexity index is 1420. The molecule has 0 aliphatic carbocycles. The summed E-state index contributed by atoms with van der Waals surface area (Å²) in [6, 6.07) is 4.89. The van der Waals surface area contributed by atoms with E-state index in [1.807, 2.05) is 6.07 Å². The number of hydrogen-bond donors (Lipinski definition) is 0. The van der Waals surface area contributed by atoms with E-state index in [0.717, 1.165) is 18.7 Å². The standard InChI is InChI=1S/C24H26ClFN6O3/c1-4-34-21-19(25)6-16(7-20(21)26)12-31-22-18(23-28-13-29-32(23)24(31)33)5-17(8-27-22)11-30-9-14(2)35-15(3)10-30/h5-8,13-15H,4,9-12H2,1-3H3/t14-,15+. The van der Waals surface area contributed by atoms with Gasteiger partial charge in [0.05, 0.1) is 35.8 Å². The summed E-state index contributed by atoms with van der Waals surface area (Å²) in [5, 5.41) is 4.94. The van der Waals surface area contributed by atoms with Gasteiger partial charge in [-0.15, -0.1) is 0 Å². The van der Waals surface area contributed by atoms with Crippen LogP contribution in [0.1, 0.15) is 31.9 Å². The third-order valence-electron chi connectivity index (χ3n) is 5.97. The van der Waals surface area contributed by atoms with Crippen molar-refractivity contribution in [2.45, 2.75) is 46.1 Å². The van der Waals surface area contributed by atoms with Crippen LogP contribution in [0.4, 0.5) is 4.39 Å². The van der Waals surface area contributed by atoms with Crippen molar-refractivity contribution in [3.05, 3.63) is 63.2 Å². The zero-order valence-electron chi connectivity index (χ0n) is 19.7. The van der Waals surface area contributed by atoms with Gasteiger partial charge in [-0.05, 0) is 50.1 Å². The summed E-state index contributed by atoms with van der Waals surface area (Å²) >= 11 is 6.24. The summed E-state index contributed by atoms with van der Waals surface area (Å²) in [7, 11) is 0. The predicted molar refractivity (Wildman–Crippen MR) is 130 cm³/mol. The Morgan fingerprint density at radius 3 is 2.60 bits per heavy atom. The van der Waals surface area contributed by atoms with Crippen LogP contribution in [0.3, 0.4) is 0 Å². The lowest BCUT2D eigenvalue weighted by atomic mass is 10.1. The Balaban J connectivity index is 1.55. The molecule has 1 aliphatic rings. The Morgan fingerprint density at radius 1 is 1.11 bits per heavy atom. The first-order chi connectivity index (χ1) is 16.8. The molecular formula is C24H26ClFN6O3. The maximum absolute atomic E-state index is 14.6.